The molecule has 0 N–H and O–H groups in total. The number of hydrogen-bond acceptors (Lipinski definition) is 8. The topological polar surface area (TPSA) is 123 Å². The maximum atomic E-state index is 12.4. The number of nitriles is 1. The summed E-state index contributed by atoms with van der Waals surface area (Å²) in [4.78, 5) is 49.8. The fraction of sp³-hybridized carbons (Fsp3) is 0.269. The first-order valence-corrected chi connectivity index (χ1v) is 10.9. The molecule has 9 heteroatoms. The van der Waals surface area contributed by atoms with E-state index in [1.54, 1.807) is 36.4 Å². The molecule has 0 aliphatic carbocycles. The van der Waals surface area contributed by atoms with Crippen LogP contribution in [-0.2, 0) is 14.3 Å². The largest absolute Gasteiger partial charge is 0.493 e. The van der Waals surface area contributed by atoms with E-state index < -0.39 is 11.9 Å². The molecule has 0 atom stereocenters. The molecule has 9 nitrogen and oxygen atoms in total. The zero-order chi connectivity index (χ0) is 25.4. The van der Waals surface area contributed by atoms with Crippen molar-refractivity contribution in [1.82, 2.24) is 4.90 Å². The van der Waals surface area contributed by atoms with Crippen molar-refractivity contribution in [3.05, 3.63) is 64.7 Å². The summed E-state index contributed by atoms with van der Waals surface area (Å²) in [6, 6.07) is 13.1. The summed E-state index contributed by atoms with van der Waals surface area (Å²) in [6.45, 7) is 0.292. The summed E-state index contributed by atoms with van der Waals surface area (Å²) < 4.78 is 15.2. The summed E-state index contributed by atoms with van der Waals surface area (Å²) in [5.41, 5.74) is 1.16. The Morgan fingerprint density at radius 2 is 1.66 bits per heavy atom. The van der Waals surface area contributed by atoms with E-state index >= 15 is 0 Å². The highest BCUT2D eigenvalue weighted by molar-refractivity contribution is 6.21. The number of carbonyl (C=O) groups is 4. The van der Waals surface area contributed by atoms with Crippen molar-refractivity contribution in [1.29, 1.82) is 5.26 Å². The van der Waals surface area contributed by atoms with Crippen LogP contribution in [0.25, 0.3) is 6.08 Å². The van der Waals surface area contributed by atoms with Crippen LogP contribution in [0.2, 0.25) is 0 Å². The molecule has 0 fully saturated rings. The van der Waals surface area contributed by atoms with Crippen molar-refractivity contribution in [2.45, 2.75) is 25.7 Å². The van der Waals surface area contributed by atoms with Crippen molar-refractivity contribution >= 4 is 29.8 Å². The lowest BCUT2D eigenvalue weighted by Crippen LogP contribution is -2.30. The number of carbonyl (C=O) groups excluding carboxylic acids is 4. The highest BCUT2D eigenvalue weighted by Gasteiger charge is 2.34. The van der Waals surface area contributed by atoms with Crippen LogP contribution in [-0.4, -0.2) is 49.4 Å². The molecule has 0 saturated heterocycles. The van der Waals surface area contributed by atoms with Gasteiger partial charge in [-0.25, -0.2) is 4.79 Å². The summed E-state index contributed by atoms with van der Waals surface area (Å²) >= 11 is 0. The Bertz CT molecular complexity index is 1190. The third-order valence-corrected chi connectivity index (χ3v) is 5.39. The number of amides is 2. The standard InChI is InChI=1S/C26H24N2O7/c1-33-22-15-17(14-18(16-27)26(32)34-2)11-12-21(22)35-23(29)10-4-3-7-13-28-24(30)19-8-5-6-9-20(19)25(28)31/h5-6,8-9,11-12,14-15H,3-4,7,10,13H2,1-2H3. The molecule has 0 radical (unpaired) electrons. The number of hydrogen-bond donors (Lipinski definition) is 0. The second-order valence-electron chi connectivity index (χ2n) is 7.66. The normalized spacial score (nSPS) is 12.7. The van der Waals surface area contributed by atoms with Crippen LogP contribution in [0.3, 0.4) is 0 Å². The van der Waals surface area contributed by atoms with E-state index in [0.29, 0.717) is 42.5 Å². The summed E-state index contributed by atoms with van der Waals surface area (Å²) in [5.74, 6) is -1.32. The van der Waals surface area contributed by atoms with E-state index in [0.717, 1.165) is 0 Å². The van der Waals surface area contributed by atoms with Gasteiger partial charge >= 0.3 is 11.9 Å². The number of methoxy groups -OCH3 is 2. The lowest BCUT2D eigenvalue weighted by Gasteiger charge is -2.13. The number of rotatable bonds is 10. The molecule has 1 heterocycles. The molecule has 2 aromatic rings. The van der Waals surface area contributed by atoms with E-state index in [1.165, 1.54) is 37.3 Å². The number of unbranched alkanes of at least 4 members (excludes halogenated alkanes) is 2. The Morgan fingerprint density at radius 1 is 0.971 bits per heavy atom. The fourth-order valence-corrected chi connectivity index (χ4v) is 3.60. The van der Waals surface area contributed by atoms with Crippen LogP contribution in [0, 0.1) is 11.3 Å². The molecule has 1 aliphatic rings. The minimum absolute atomic E-state index is 0.147. The minimum atomic E-state index is -0.759. The van der Waals surface area contributed by atoms with Gasteiger partial charge < -0.3 is 14.2 Å². The van der Waals surface area contributed by atoms with Gasteiger partial charge in [-0.1, -0.05) is 24.6 Å². The first-order chi connectivity index (χ1) is 16.9. The van der Waals surface area contributed by atoms with Crippen LogP contribution in [0.4, 0.5) is 0 Å². The Labute approximate surface area is 202 Å². The molecule has 0 saturated carbocycles. The predicted octanol–water partition coefficient (Wildman–Crippen LogP) is 3.54. The van der Waals surface area contributed by atoms with Gasteiger partial charge in [0.15, 0.2) is 11.5 Å². The molecule has 0 bridgehead atoms. The molecule has 35 heavy (non-hydrogen) atoms. The minimum Gasteiger partial charge on any atom is -0.493 e. The number of nitrogens with zero attached hydrogens (tertiary/aromatic N) is 2. The number of benzene rings is 2. The first kappa shape index (κ1) is 25.2. The van der Waals surface area contributed by atoms with Crippen LogP contribution >= 0.6 is 0 Å². The van der Waals surface area contributed by atoms with E-state index in [1.807, 2.05) is 0 Å². The average molecular weight is 476 g/mol. The van der Waals surface area contributed by atoms with Gasteiger partial charge in [-0.2, -0.15) is 5.26 Å². The van der Waals surface area contributed by atoms with Crippen LogP contribution in [0.15, 0.2) is 48.0 Å². The zero-order valence-corrected chi connectivity index (χ0v) is 19.4. The van der Waals surface area contributed by atoms with Gasteiger partial charge in [-0.15, -0.1) is 0 Å². The molecule has 1 aliphatic heterocycles. The Balaban J connectivity index is 1.48. The number of esters is 2. The molecule has 2 amide bonds. The van der Waals surface area contributed by atoms with Gasteiger partial charge in [0.1, 0.15) is 11.6 Å². The summed E-state index contributed by atoms with van der Waals surface area (Å²) in [6.07, 6.45) is 3.22. The van der Waals surface area contributed by atoms with E-state index in [9.17, 15) is 19.2 Å². The van der Waals surface area contributed by atoms with Crippen molar-refractivity contribution in [3.8, 4) is 17.6 Å². The second kappa shape index (κ2) is 11.6. The highest BCUT2D eigenvalue weighted by Crippen LogP contribution is 2.29. The van der Waals surface area contributed by atoms with Crippen molar-refractivity contribution in [3.63, 3.8) is 0 Å². The molecule has 2 aromatic carbocycles. The lowest BCUT2D eigenvalue weighted by molar-refractivity contribution is -0.136. The summed E-state index contributed by atoms with van der Waals surface area (Å²) in [7, 11) is 2.59. The molecule has 180 valence electrons. The van der Waals surface area contributed by atoms with Gasteiger partial charge in [0.25, 0.3) is 11.8 Å². The Hall–Kier alpha value is -4.45. The number of imide groups is 1. The van der Waals surface area contributed by atoms with Crippen LogP contribution in [0.5, 0.6) is 11.5 Å². The van der Waals surface area contributed by atoms with Crippen LogP contribution in [0.1, 0.15) is 52.0 Å². The second-order valence-corrected chi connectivity index (χ2v) is 7.66. The van der Waals surface area contributed by atoms with E-state index in [-0.39, 0.29) is 35.3 Å². The molecule has 0 aromatic heterocycles. The maximum Gasteiger partial charge on any atom is 0.348 e. The molecule has 3 rings (SSSR count). The van der Waals surface area contributed by atoms with Gasteiger partial charge in [-0.3, -0.25) is 19.3 Å². The van der Waals surface area contributed by atoms with Gasteiger partial charge in [0, 0.05) is 13.0 Å². The van der Waals surface area contributed by atoms with Crippen molar-refractivity contribution < 1.29 is 33.4 Å². The number of fused-ring (bicyclic) bond motifs is 1. The summed E-state index contributed by atoms with van der Waals surface area (Å²) in [5, 5.41) is 9.08. The van der Waals surface area contributed by atoms with Gasteiger partial charge in [-0.05, 0) is 48.7 Å². The van der Waals surface area contributed by atoms with Gasteiger partial charge in [0.2, 0.25) is 0 Å². The lowest BCUT2D eigenvalue weighted by atomic mass is 10.1. The fourth-order valence-electron chi connectivity index (χ4n) is 3.60. The van der Waals surface area contributed by atoms with E-state index in [4.69, 9.17) is 14.7 Å². The van der Waals surface area contributed by atoms with E-state index in [2.05, 4.69) is 4.74 Å². The molecule has 0 unspecified atom stereocenters. The van der Waals surface area contributed by atoms with Crippen molar-refractivity contribution in [2.75, 3.05) is 20.8 Å². The zero-order valence-electron chi connectivity index (χ0n) is 19.4. The highest BCUT2D eigenvalue weighted by atomic mass is 16.6. The molecular weight excluding hydrogens is 452 g/mol. The quantitative estimate of drug-likeness (QED) is 0.127. The van der Waals surface area contributed by atoms with Crippen LogP contribution < -0.4 is 9.47 Å². The SMILES string of the molecule is COC(=O)C(C#N)=Cc1ccc(OC(=O)CCCCCN2C(=O)c3ccccc3C2=O)c(OC)c1. The third kappa shape index (κ3) is 5.92. The van der Waals surface area contributed by atoms with Gasteiger partial charge in [0.05, 0.1) is 25.3 Å². The average Bonchev–Trinajstić information content (AvgIpc) is 3.12. The molecular formula is C26H24N2O7. The Kier molecular flexibility index (Phi) is 8.35. The smallest absolute Gasteiger partial charge is 0.348 e. The molecule has 0 spiro atoms. The number of ether oxygens (including phenoxy) is 3. The monoisotopic (exact) mass is 476 g/mol. The Morgan fingerprint density at radius 3 is 2.26 bits per heavy atom. The predicted molar refractivity (Wildman–Crippen MR) is 125 cm³/mol. The first-order valence-electron chi connectivity index (χ1n) is 10.9. The third-order valence-electron chi connectivity index (χ3n) is 5.39. The van der Waals surface area contributed by atoms with Crippen molar-refractivity contribution in [2.24, 2.45) is 0 Å². The maximum absolute atomic E-state index is 12.4.